The molecule has 2 aromatic heterocycles. The van der Waals surface area contributed by atoms with Crippen LogP contribution in [0.3, 0.4) is 0 Å². The zero-order valence-corrected chi connectivity index (χ0v) is 13.0. The van der Waals surface area contributed by atoms with Gasteiger partial charge in [-0.2, -0.15) is 0 Å². The number of fused-ring (bicyclic) bond motifs is 1. The van der Waals surface area contributed by atoms with E-state index in [0.717, 1.165) is 16.2 Å². The molecule has 5 nitrogen and oxygen atoms in total. The maximum atomic E-state index is 12.3. The van der Waals surface area contributed by atoms with Gasteiger partial charge in [0, 0.05) is 23.7 Å². The number of hydrogen-bond acceptors (Lipinski definition) is 3. The zero-order chi connectivity index (χ0) is 15.2. The van der Waals surface area contributed by atoms with Crippen LogP contribution in [0.25, 0.3) is 16.8 Å². The van der Waals surface area contributed by atoms with Gasteiger partial charge in [-0.05, 0) is 24.6 Å². The molecule has 0 atom stereocenters. The van der Waals surface area contributed by atoms with Crippen molar-refractivity contribution >= 4 is 15.4 Å². The second-order valence-corrected chi connectivity index (χ2v) is 8.70. The summed E-state index contributed by atoms with van der Waals surface area (Å²) in [6.45, 7) is 0. The monoisotopic (exact) mass is 303 g/mol. The largest absolute Gasteiger partial charge is 0.315 e. The number of aromatic nitrogens is 3. The van der Waals surface area contributed by atoms with Crippen LogP contribution in [-0.2, 0) is 17.0 Å². The molecule has 0 amide bonds. The summed E-state index contributed by atoms with van der Waals surface area (Å²) in [5.74, 6) is 0. The molecule has 0 bridgehead atoms. The predicted octanol–water partition coefficient (Wildman–Crippen LogP) is 1.34. The van der Waals surface area contributed by atoms with Crippen molar-refractivity contribution in [2.75, 3.05) is 12.5 Å². The summed E-state index contributed by atoms with van der Waals surface area (Å²) in [5.41, 5.74) is 2.19. The summed E-state index contributed by atoms with van der Waals surface area (Å²) in [4.78, 5) is 16.9. The Kier molecular flexibility index (Phi) is 3.06. The normalized spacial score (nSPS) is 12.7. The van der Waals surface area contributed by atoms with Gasteiger partial charge in [0.15, 0.2) is 0 Å². The number of aryl methyl sites for hydroxylation is 1. The highest BCUT2D eigenvalue weighted by molar-refractivity contribution is 8.01. The molecule has 0 radical (unpaired) electrons. The Labute approximate surface area is 123 Å². The van der Waals surface area contributed by atoms with Crippen LogP contribution in [0.15, 0.2) is 52.7 Å². The minimum absolute atomic E-state index is 0.0935. The van der Waals surface area contributed by atoms with Crippen LogP contribution in [0.4, 0.5) is 0 Å². The van der Waals surface area contributed by atoms with Crippen molar-refractivity contribution in [1.82, 2.24) is 14.0 Å². The van der Waals surface area contributed by atoms with Crippen LogP contribution in [0.5, 0.6) is 0 Å². The molecule has 0 saturated heterocycles. The molecular formula is C15H17N3O2S. The lowest BCUT2D eigenvalue weighted by molar-refractivity contribution is 0.678. The Morgan fingerprint density at radius 3 is 2.71 bits per heavy atom. The van der Waals surface area contributed by atoms with Gasteiger partial charge in [0.1, 0.15) is 5.52 Å². The zero-order valence-electron chi connectivity index (χ0n) is 12.1. The molecule has 3 rings (SSSR count). The van der Waals surface area contributed by atoms with Crippen LogP contribution >= 0.6 is 0 Å². The lowest BCUT2D eigenvalue weighted by atomic mass is 10.1. The fraction of sp³-hybridized carbons (Fsp3) is 0.200. The Bertz CT molecular complexity index is 933. The lowest BCUT2D eigenvalue weighted by Crippen LogP contribution is -2.19. The van der Waals surface area contributed by atoms with E-state index in [1.54, 1.807) is 42.7 Å². The van der Waals surface area contributed by atoms with Crippen molar-refractivity contribution in [1.29, 1.82) is 0 Å². The maximum absolute atomic E-state index is 12.3. The quantitative estimate of drug-likeness (QED) is 0.727. The molecule has 0 unspecified atom stereocenters. The predicted molar refractivity (Wildman–Crippen MR) is 85.5 cm³/mol. The minimum Gasteiger partial charge on any atom is -0.315 e. The third-order valence-corrected chi connectivity index (χ3v) is 5.04. The Hall–Kier alpha value is -2.21. The van der Waals surface area contributed by atoms with Crippen molar-refractivity contribution in [3.05, 3.63) is 53.3 Å². The third kappa shape index (κ3) is 2.31. The van der Waals surface area contributed by atoms with E-state index in [2.05, 4.69) is 4.98 Å². The average molecular weight is 303 g/mol. The van der Waals surface area contributed by atoms with Gasteiger partial charge in [-0.15, -0.1) is 0 Å². The van der Waals surface area contributed by atoms with Gasteiger partial charge in [0.2, 0.25) is 0 Å². The standard InChI is InChI=1S/C15H17N3O2S/c1-17-9-14(18-10-16-8-13(18)15(17)19)11-5-4-6-12(7-11)21(2,3)20/h4-10,21H,1-3H3. The average Bonchev–Trinajstić information content (AvgIpc) is 2.91. The molecule has 0 saturated carbocycles. The highest BCUT2D eigenvalue weighted by atomic mass is 32.2. The number of rotatable bonds is 2. The molecular weight excluding hydrogens is 286 g/mol. The lowest BCUT2D eigenvalue weighted by Gasteiger charge is -2.14. The van der Waals surface area contributed by atoms with Gasteiger partial charge < -0.3 is 4.57 Å². The van der Waals surface area contributed by atoms with Gasteiger partial charge in [-0.25, -0.2) is 4.98 Å². The number of benzene rings is 1. The number of hydrogen-bond donors (Lipinski definition) is 1. The molecule has 6 heteroatoms. The van der Waals surface area contributed by atoms with Crippen molar-refractivity contribution in [2.45, 2.75) is 4.90 Å². The molecule has 110 valence electrons. The molecule has 0 aliphatic heterocycles. The Balaban J connectivity index is 2.31. The molecule has 0 spiro atoms. The molecule has 0 aliphatic carbocycles. The molecule has 0 fully saturated rings. The number of nitrogens with zero attached hydrogens (tertiary/aromatic N) is 3. The summed E-state index contributed by atoms with van der Waals surface area (Å²) < 4.78 is 15.6. The van der Waals surface area contributed by atoms with Crippen LogP contribution in [0, 0.1) is 0 Å². The van der Waals surface area contributed by atoms with Gasteiger partial charge in [-0.3, -0.25) is 13.4 Å². The summed E-state index contributed by atoms with van der Waals surface area (Å²) in [6, 6.07) is 7.62. The van der Waals surface area contributed by atoms with Gasteiger partial charge in [0.25, 0.3) is 5.56 Å². The smallest absolute Gasteiger partial charge is 0.276 e. The van der Waals surface area contributed by atoms with Gasteiger partial charge >= 0.3 is 0 Å². The van der Waals surface area contributed by atoms with Crippen molar-refractivity contribution < 1.29 is 4.21 Å². The molecule has 3 aromatic rings. The van der Waals surface area contributed by atoms with E-state index in [9.17, 15) is 9.00 Å². The first-order chi connectivity index (χ1) is 9.88. The van der Waals surface area contributed by atoms with E-state index in [4.69, 9.17) is 0 Å². The van der Waals surface area contributed by atoms with E-state index in [0.29, 0.717) is 5.52 Å². The van der Waals surface area contributed by atoms with Crippen molar-refractivity contribution in [2.24, 2.45) is 7.05 Å². The third-order valence-electron chi connectivity index (χ3n) is 3.52. The van der Waals surface area contributed by atoms with Crippen LogP contribution in [0.2, 0.25) is 0 Å². The van der Waals surface area contributed by atoms with Gasteiger partial charge in [-0.1, -0.05) is 22.1 Å². The van der Waals surface area contributed by atoms with Crippen molar-refractivity contribution in [3.8, 4) is 11.3 Å². The van der Waals surface area contributed by atoms with E-state index in [1.807, 2.05) is 24.3 Å². The first-order valence-electron chi connectivity index (χ1n) is 6.55. The summed E-state index contributed by atoms with van der Waals surface area (Å²) >= 11 is 0. The summed E-state index contributed by atoms with van der Waals surface area (Å²) in [7, 11) is -0.610. The van der Waals surface area contributed by atoms with Crippen LogP contribution < -0.4 is 5.56 Å². The van der Waals surface area contributed by atoms with E-state index >= 15 is 0 Å². The topological polar surface area (TPSA) is 56.4 Å². The maximum Gasteiger partial charge on any atom is 0.276 e. The first kappa shape index (κ1) is 13.8. The minimum atomic E-state index is -2.33. The molecule has 0 aliphatic rings. The summed E-state index contributed by atoms with van der Waals surface area (Å²) in [6.07, 6.45) is 8.45. The second-order valence-electron chi connectivity index (χ2n) is 5.48. The molecule has 0 N–H and O–H groups in total. The second kappa shape index (κ2) is 4.66. The van der Waals surface area contributed by atoms with E-state index < -0.39 is 9.93 Å². The fourth-order valence-electron chi connectivity index (χ4n) is 2.34. The fourth-order valence-corrected chi connectivity index (χ4v) is 3.24. The molecule has 1 aromatic carbocycles. The van der Waals surface area contributed by atoms with E-state index in [-0.39, 0.29) is 5.56 Å². The highest BCUT2D eigenvalue weighted by Crippen LogP contribution is 2.23. The number of imidazole rings is 1. The van der Waals surface area contributed by atoms with Crippen LogP contribution in [0.1, 0.15) is 0 Å². The highest BCUT2D eigenvalue weighted by Gasteiger charge is 2.11. The van der Waals surface area contributed by atoms with Crippen molar-refractivity contribution in [3.63, 3.8) is 0 Å². The molecule has 21 heavy (non-hydrogen) atoms. The Morgan fingerprint density at radius 2 is 2.00 bits per heavy atom. The Morgan fingerprint density at radius 1 is 1.24 bits per heavy atom. The van der Waals surface area contributed by atoms with E-state index in [1.165, 1.54) is 4.57 Å². The SMILES string of the molecule is Cn1cc(-c2cccc([SH](C)(C)=O)c2)n2cncc2c1=O. The van der Waals surface area contributed by atoms with Gasteiger partial charge in [0.05, 0.1) is 18.2 Å². The van der Waals surface area contributed by atoms with Crippen LogP contribution in [-0.4, -0.2) is 30.7 Å². The molecule has 2 heterocycles. The number of thiol groups is 1. The summed E-state index contributed by atoms with van der Waals surface area (Å²) in [5, 5.41) is 0. The first-order valence-corrected chi connectivity index (χ1v) is 9.16.